The fourth-order valence-corrected chi connectivity index (χ4v) is 4.42. The predicted octanol–water partition coefficient (Wildman–Crippen LogP) is 1.01. The van der Waals surface area contributed by atoms with Gasteiger partial charge in [-0.15, -0.1) is 0 Å². The van der Waals surface area contributed by atoms with Gasteiger partial charge in [0.2, 0.25) is 15.9 Å². The van der Waals surface area contributed by atoms with E-state index in [1.165, 1.54) is 6.42 Å². The molecule has 1 spiro atoms. The first kappa shape index (κ1) is 16.7. The molecule has 1 atom stereocenters. The van der Waals surface area contributed by atoms with E-state index >= 15 is 0 Å². The Hall–Kier alpha value is -0.660. The Labute approximate surface area is 127 Å². The number of carbonyl (C=O) groups is 1. The van der Waals surface area contributed by atoms with Crippen LogP contribution >= 0.6 is 0 Å². The van der Waals surface area contributed by atoms with Crippen molar-refractivity contribution < 1.29 is 17.9 Å². The molecule has 7 heteroatoms. The second-order valence-corrected chi connectivity index (χ2v) is 7.97. The number of rotatable bonds is 4. The van der Waals surface area contributed by atoms with Gasteiger partial charge in [0, 0.05) is 13.1 Å². The second-order valence-electron chi connectivity index (χ2n) is 6.22. The fourth-order valence-electron chi connectivity index (χ4n) is 3.43. The highest BCUT2D eigenvalue weighted by Gasteiger charge is 2.42. The van der Waals surface area contributed by atoms with Crippen LogP contribution in [0.3, 0.4) is 0 Å². The summed E-state index contributed by atoms with van der Waals surface area (Å²) in [6.07, 6.45) is 6.21. The average Bonchev–Trinajstić information content (AvgIpc) is 2.44. The van der Waals surface area contributed by atoms with Crippen LogP contribution in [0.1, 0.15) is 51.9 Å². The van der Waals surface area contributed by atoms with E-state index in [0.717, 1.165) is 25.7 Å². The second kappa shape index (κ2) is 6.62. The molecule has 1 saturated heterocycles. The summed E-state index contributed by atoms with van der Waals surface area (Å²) in [6, 6.07) is 0. The molecule has 0 aromatic carbocycles. The average molecular weight is 318 g/mol. The minimum Gasteiger partial charge on any atom is -0.371 e. The van der Waals surface area contributed by atoms with E-state index in [2.05, 4.69) is 0 Å². The van der Waals surface area contributed by atoms with Crippen molar-refractivity contribution >= 4 is 15.9 Å². The zero-order valence-electron chi connectivity index (χ0n) is 12.7. The van der Waals surface area contributed by atoms with Gasteiger partial charge in [-0.1, -0.05) is 32.6 Å². The van der Waals surface area contributed by atoms with Crippen molar-refractivity contribution in [1.29, 1.82) is 0 Å². The number of carbonyl (C=O) groups excluding carboxylic acids is 1. The third kappa shape index (κ3) is 3.96. The highest BCUT2D eigenvalue weighted by atomic mass is 32.2. The molecule has 0 radical (unpaired) electrons. The summed E-state index contributed by atoms with van der Waals surface area (Å²) in [4.78, 5) is 14.2. The first-order chi connectivity index (χ1) is 9.88. The third-order valence-electron chi connectivity index (χ3n) is 4.55. The van der Waals surface area contributed by atoms with Crippen LogP contribution in [0, 0.1) is 0 Å². The molecule has 0 aromatic heterocycles. The summed E-state index contributed by atoms with van der Waals surface area (Å²) in [5, 5.41) is 4.13. The molecule has 1 amide bonds. The van der Waals surface area contributed by atoms with Gasteiger partial charge in [0.05, 0.1) is 12.2 Å². The maximum Gasteiger partial charge on any atom is 0.242 e. The summed E-state index contributed by atoms with van der Waals surface area (Å²) in [5.74, 6) is -0.354. The van der Waals surface area contributed by atoms with Crippen LogP contribution in [0.2, 0.25) is 0 Å². The fraction of sp³-hybridized carbons (Fsp3) is 0.929. The summed E-state index contributed by atoms with van der Waals surface area (Å²) < 4.78 is 29.3. The molecule has 21 heavy (non-hydrogen) atoms. The number of nitrogens with two attached hydrogens (primary N) is 1. The standard InChI is InChI=1S/C14H26N2O4S/c1-2-6-12(21(15,18)19)13(17)16-9-10-20-14(11-16)7-4-3-5-8-14/h12H,2-11H2,1H3,(H2,15,18,19). The van der Waals surface area contributed by atoms with Crippen molar-refractivity contribution in [3.8, 4) is 0 Å². The first-order valence-corrected chi connectivity index (χ1v) is 9.43. The molecule has 6 nitrogen and oxygen atoms in total. The lowest BCUT2D eigenvalue weighted by atomic mass is 9.83. The van der Waals surface area contributed by atoms with Gasteiger partial charge in [-0.25, -0.2) is 13.6 Å². The van der Waals surface area contributed by atoms with E-state index in [9.17, 15) is 13.2 Å². The zero-order valence-corrected chi connectivity index (χ0v) is 13.5. The van der Waals surface area contributed by atoms with Gasteiger partial charge in [0.1, 0.15) is 0 Å². The SMILES string of the molecule is CCCC(C(=O)N1CCOC2(CCCCC2)C1)S(N)(=O)=O. The molecule has 2 fully saturated rings. The number of hydrogen-bond acceptors (Lipinski definition) is 4. The Balaban J connectivity index is 2.10. The number of ether oxygens (including phenoxy) is 1. The smallest absolute Gasteiger partial charge is 0.242 e. The summed E-state index contributed by atoms with van der Waals surface area (Å²) >= 11 is 0. The molecular formula is C14H26N2O4S. The lowest BCUT2D eigenvalue weighted by Crippen LogP contribution is -2.57. The van der Waals surface area contributed by atoms with E-state index in [-0.39, 0.29) is 17.9 Å². The highest BCUT2D eigenvalue weighted by Crippen LogP contribution is 2.34. The Morgan fingerprint density at radius 3 is 2.57 bits per heavy atom. The van der Waals surface area contributed by atoms with Crippen LogP contribution in [0.4, 0.5) is 0 Å². The van der Waals surface area contributed by atoms with Gasteiger partial charge < -0.3 is 9.64 Å². The van der Waals surface area contributed by atoms with Gasteiger partial charge >= 0.3 is 0 Å². The topological polar surface area (TPSA) is 89.7 Å². The van der Waals surface area contributed by atoms with Crippen molar-refractivity contribution in [2.45, 2.75) is 62.7 Å². The third-order valence-corrected chi connectivity index (χ3v) is 5.78. The molecule has 0 aromatic rings. The zero-order chi connectivity index (χ0) is 15.5. The number of morpholine rings is 1. The number of amides is 1. The molecule has 1 saturated carbocycles. The van der Waals surface area contributed by atoms with Crippen molar-refractivity contribution in [2.75, 3.05) is 19.7 Å². The number of primary sulfonamides is 1. The normalized spacial score (nSPS) is 24.0. The van der Waals surface area contributed by atoms with Crippen LogP contribution in [0.25, 0.3) is 0 Å². The van der Waals surface area contributed by atoms with Gasteiger partial charge in [0.15, 0.2) is 5.25 Å². The van der Waals surface area contributed by atoms with Gasteiger partial charge in [-0.3, -0.25) is 4.79 Å². The van der Waals surface area contributed by atoms with Crippen LogP contribution in [-0.2, 0) is 19.6 Å². The Morgan fingerprint density at radius 1 is 1.33 bits per heavy atom. The molecule has 1 aliphatic carbocycles. The molecule has 122 valence electrons. The minimum absolute atomic E-state index is 0.263. The molecule has 2 N–H and O–H groups in total. The number of hydrogen-bond donors (Lipinski definition) is 1. The van der Waals surface area contributed by atoms with Gasteiger partial charge in [0.25, 0.3) is 0 Å². The van der Waals surface area contributed by atoms with Gasteiger partial charge in [-0.2, -0.15) is 0 Å². The maximum absolute atomic E-state index is 12.6. The van der Waals surface area contributed by atoms with Crippen LogP contribution in [0.5, 0.6) is 0 Å². The summed E-state index contributed by atoms with van der Waals surface area (Å²) in [7, 11) is -3.85. The van der Waals surface area contributed by atoms with Crippen LogP contribution in [0.15, 0.2) is 0 Å². The Morgan fingerprint density at radius 2 is 2.00 bits per heavy atom. The van der Waals surface area contributed by atoms with Crippen molar-refractivity contribution in [3.05, 3.63) is 0 Å². The molecule has 1 unspecified atom stereocenters. The molecular weight excluding hydrogens is 292 g/mol. The predicted molar refractivity (Wildman–Crippen MR) is 80.2 cm³/mol. The molecule has 2 rings (SSSR count). The number of nitrogens with zero attached hydrogens (tertiary/aromatic N) is 1. The number of sulfonamides is 1. The molecule has 0 bridgehead atoms. The summed E-state index contributed by atoms with van der Waals surface area (Å²) in [5.41, 5.74) is -0.263. The summed E-state index contributed by atoms with van der Waals surface area (Å²) in [6.45, 7) is 3.29. The lowest BCUT2D eigenvalue weighted by Gasteiger charge is -2.45. The van der Waals surface area contributed by atoms with Crippen LogP contribution in [-0.4, -0.2) is 49.8 Å². The van der Waals surface area contributed by atoms with Crippen molar-refractivity contribution in [2.24, 2.45) is 5.14 Å². The monoisotopic (exact) mass is 318 g/mol. The Bertz CT molecular complexity index is 466. The first-order valence-electron chi connectivity index (χ1n) is 7.82. The van der Waals surface area contributed by atoms with E-state index in [1.54, 1.807) is 4.90 Å². The Kier molecular flexibility index (Phi) is 5.27. The van der Waals surface area contributed by atoms with Crippen LogP contribution < -0.4 is 5.14 Å². The van der Waals surface area contributed by atoms with E-state index in [4.69, 9.17) is 9.88 Å². The van der Waals surface area contributed by atoms with E-state index in [1.807, 2.05) is 6.92 Å². The molecule has 1 aliphatic heterocycles. The quantitative estimate of drug-likeness (QED) is 0.837. The van der Waals surface area contributed by atoms with Crippen molar-refractivity contribution in [3.63, 3.8) is 0 Å². The lowest BCUT2D eigenvalue weighted by molar-refractivity contribution is -0.156. The van der Waals surface area contributed by atoms with E-state index in [0.29, 0.717) is 26.1 Å². The molecule has 2 aliphatic rings. The highest BCUT2D eigenvalue weighted by molar-refractivity contribution is 7.90. The van der Waals surface area contributed by atoms with Gasteiger partial charge in [-0.05, 0) is 19.3 Å². The molecule has 1 heterocycles. The largest absolute Gasteiger partial charge is 0.371 e. The van der Waals surface area contributed by atoms with E-state index < -0.39 is 15.3 Å². The minimum atomic E-state index is -3.85. The maximum atomic E-state index is 12.6. The van der Waals surface area contributed by atoms with Crippen molar-refractivity contribution in [1.82, 2.24) is 4.90 Å².